The van der Waals surface area contributed by atoms with Gasteiger partial charge in [-0.2, -0.15) is 0 Å². The third-order valence-electron chi connectivity index (χ3n) is 5.31. The number of piperidine rings is 1. The molecule has 1 aliphatic heterocycles. The summed E-state index contributed by atoms with van der Waals surface area (Å²) in [6.07, 6.45) is 1.97. The number of halogens is 1. The van der Waals surface area contributed by atoms with Crippen molar-refractivity contribution in [3.8, 4) is 5.75 Å². The molecule has 1 saturated heterocycles. The summed E-state index contributed by atoms with van der Waals surface area (Å²) in [5, 5.41) is 14.8. The van der Waals surface area contributed by atoms with E-state index in [4.69, 9.17) is 21.1 Å². The van der Waals surface area contributed by atoms with Crippen molar-refractivity contribution >= 4 is 34.6 Å². The van der Waals surface area contributed by atoms with Crippen LogP contribution in [0.5, 0.6) is 5.75 Å². The van der Waals surface area contributed by atoms with Crippen molar-refractivity contribution in [3.05, 3.63) is 57.1 Å². The number of hydrogen-bond donors (Lipinski definition) is 1. The van der Waals surface area contributed by atoms with E-state index < -0.39 is 10.8 Å². The molecule has 9 heteroatoms. The molecular formula is C22H26ClN3O5. The van der Waals surface area contributed by atoms with Crippen LogP contribution in [0, 0.1) is 16.0 Å². The van der Waals surface area contributed by atoms with Crippen LogP contribution in [0.25, 0.3) is 0 Å². The van der Waals surface area contributed by atoms with Crippen molar-refractivity contribution in [2.24, 2.45) is 5.92 Å². The highest BCUT2D eigenvalue weighted by molar-refractivity contribution is 6.32. The smallest absolute Gasteiger partial charge is 0.293 e. The molecule has 0 bridgehead atoms. The van der Waals surface area contributed by atoms with E-state index in [9.17, 15) is 14.9 Å². The van der Waals surface area contributed by atoms with Crippen LogP contribution in [0.3, 0.4) is 0 Å². The number of rotatable bonds is 8. The minimum absolute atomic E-state index is 0.0788. The van der Waals surface area contributed by atoms with Crippen LogP contribution in [0.2, 0.25) is 5.02 Å². The molecule has 31 heavy (non-hydrogen) atoms. The number of carbonyl (C=O) groups excluding carboxylic acids is 1. The topological polar surface area (TPSA) is 93.9 Å². The van der Waals surface area contributed by atoms with E-state index in [2.05, 4.69) is 12.2 Å². The lowest BCUT2D eigenvalue weighted by Gasteiger charge is -2.31. The SMILES string of the molecule is COCCOc1c(Cl)cccc1NC(=O)c1ccc(N2CCC(C)CC2)c([N+](=O)[O-])c1. The second-order valence-electron chi connectivity index (χ2n) is 7.54. The summed E-state index contributed by atoms with van der Waals surface area (Å²) in [4.78, 5) is 26.1. The number of hydrogen-bond acceptors (Lipinski definition) is 6. The summed E-state index contributed by atoms with van der Waals surface area (Å²) < 4.78 is 10.6. The number of methoxy groups -OCH3 is 1. The third-order valence-corrected chi connectivity index (χ3v) is 5.61. The first-order valence-electron chi connectivity index (χ1n) is 10.2. The van der Waals surface area contributed by atoms with Gasteiger partial charge < -0.3 is 19.7 Å². The Morgan fingerprint density at radius 2 is 2.00 bits per heavy atom. The molecule has 166 valence electrons. The van der Waals surface area contributed by atoms with Crippen molar-refractivity contribution in [2.75, 3.05) is 43.6 Å². The fraction of sp³-hybridized carbons (Fsp3) is 0.409. The van der Waals surface area contributed by atoms with Crippen LogP contribution in [0.1, 0.15) is 30.1 Å². The van der Waals surface area contributed by atoms with Crippen molar-refractivity contribution in [1.29, 1.82) is 0 Å². The highest BCUT2D eigenvalue weighted by Crippen LogP contribution is 2.35. The fourth-order valence-electron chi connectivity index (χ4n) is 3.50. The number of para-hydroxylation sites is 1. The highest BCUT2D eigenvalue weighted by atomic mass is 35.5. The lowest BCUT2D eigenvalue weighted by atomic mass is 9.98. The van der Waals surface area contributed by atoms with Gasteiger partial charge in [-0.15, -0.1) is 0 Å². The van der Waals surface area contributed by atoms with E-state index in [0.29, 0.717) is 34.7 Å². The maximum atomic E-state index is 12.8. The molecule has 1 heterocycles. The maximum absolute atomic E-state index is 12.8. The predicted octanol–water partition coefficient (Wildman–Crippen LogP) is 4.76. The molecule has 1 amide bonds. The van der Waals surface area contributed by atoms with Crippen molar-refractivity contribution < 1.29 is 19.2 Å². The number of ether oxygens (including phenoxy) is 2. The molecular weight excluding hydrogens is 422 g/mol. The molecule has 0 unspecified atom stereocenters. The quantitative estimate of drug-likeness (QED) is 0.356. The molecule has 0 spiro atoms. The summed E-state index contributed by atoms with van der Waals surface area (Å²) in [5.41, 5.74) is 1.03. The first-order valence-corrected chi connectivity index (χ1v) is 10.5. The first kappa shape index (κ1) is 22.8. The summed E-state index contributed by atoms with van der Waals surface area (Å²) in [6.45, 7) is 4.33. The van der Waals surface area contributed by atoms with E-state index in [-0.39, 0.29) is 17.9 Å². The number of nitrogens with zero attached hydrogens (tertiary/aromatic N) is 2. The van der Waals surface area contributed by atoms with Gasteiger partial charge in [-0.25, -0.2) is 0 Å². The zero-order valence-electron chi connectivity index (χ0n) is 17.6. The van der Waals surface area contributed by atoms with Gasteiger partial charge >= 0.3 is 0 Å². The third kappa shape index (κ3) is 5.65. The van der Waals surface area contributed by atoms with Crippen molar-refractivity contribution in [3.63, 3.8) is 0 Å². The Morgan fingerprint density at radius 1 is 1.26 bits per heavy atom. The Morgan fingerprint density at radius 3 is 2.68 bits per heavy atom. The molecule has 0 saturated carbocycles. The second-order valence-corrected chi connectivity index (χ2v) is 7.95. The van der Waals surface area contributed by atoms with Gasteiger partial charge in [0, 0.05) is 31.8 Å². The number of amides is 1. The van der Waals surface area contributed by atoms with Crippen LogP contribution in [0.15, 0.2) is 36.4 Å². The van der Waals surface area contributed by atoms with Crippen molar-refractivity contribution in [2.45, 2.75) is 19.8 Å². The lowest BCUT2D eigenvalue weighted by Crippen LogP contribution is -2.33. The number of benzene rings is 2. The Bertz CT molecular complexity index is 945. The monoisotopic (exact) mass is 447 g/mol. The number of nitrogens with one attached hydrogen (secondary N) is 1. The van der Waals surface area contributed by atoms with Gasteiger partial charge in [0.1, 0.15) is 12.3 Å². The Hall–Kier alpha value is -2.84. The fourth-order valence-corrected chi connectivity index (χ4v) is 3.73. The molecule has 1 N–H and O–H groups in total. The summed E-state index contributed by atoms with van der Waals surface area (Å²) in [5.74, 6) is 0.447. The van der Waals surface area contributed by atoms with Gasteiger partial charge in [0.25, 0.3) is 11.6 Å². The van der Waals surface area contributed by atoms with Crippen LogP contribution >= 0.6 is 11.6 Å². The summed E-state index contributed by atoms with van der Waals surface area (Å²) in [7, 11) is 1.56. The Kier molecular flexibility index (Phi) is 7.70. The van der Waals surface area contributed by atoms with Gasteiger partial charge in [0.15, 0.2) is 5.75 Å². The van der Waals surface area contributed by atoms with E-state index in [0.717, 1.165) is 25.9 Å². The number of nitro groups is 1. The maximum Gasteiger partial charge on any atom is 0.293 e. The van der Waals surface area contributed by atoms with Crippen LogP contribution in [-0.2, 0) is 4.74 Å². The standard InChI is InChI=1S/C22H26ClN3O5/c1-15-8-10-25(11-9-15)19-7-6-16(14-20(19)26(28)29)22(27)24-18-5-3-4-17(23)21(18)31-13-12-30-2/h3-7,14-15H,8-13H2,1-2H3,(H,24,27). The Balaban J connectivity index is 1.82. The zero-order chi connectivity index (χ0) is 22.4. The predicted molar refractivity (Wildman–Crippen MR) is 120 cm³/mol. The van der Waals surface area contributed by atoms with Gasteiger partial charge in [0.2, 0.25) is 0 Å². The van der Waals surface area contributed by atoms with Gasteiger partial charge in [-0.05, 0) is 43.0 Å². The minimum atomic E-state index is -0.485. The minimum Gasteiger partial charge on any atom is -0.487 e. The molecule has 1 fully saturated rings. The largest absolute Gasteiger partial charge is 0.487 e. The van der Waals surface area contributed by atoms with Crippen LogP contribution < -0.4 is 15.0 Å². The van der Waals surface area contributed by atoms with Crippen LogP contribution in [0.4, 0.5) is 17.1 Å². The molecule has 0 aliphatic carbocycles. The first-order chi connectivity index (χ1) is 14.9. The van der Waals surface area contributed by atoms with Crippen molar-refractivity contribution in [1.82, 2.24) is 0 Å². The number of carbonyl (C=O) groups is 1. The molecule has 2 aromatic rings. The molecule has 0 aromatic heterocycles. The normalized spacial score (nSPS) is 14.4. The molecule has 2 aromatic carbocycles. The second kappa shape index (κ2) is 10.5. The van der Waals surface area contributed by atoms with Gasteiger partial charge in [-0.1, -0.05) is 24.6 Å². The summed E-state index contributed by atoms with van der Waals surface area (Å²) in [6, 6.07) is 9.56. The molecule has 3 rings (SSSR count). The van der Waals surface area contributed by atoms with Crippen LogP contribution in [-0.4, -0.2) is 44.2 Å². The summed E-state index contributed by atoms with van der Waals surface area (Å²) >= 11 is 6.21. The van der Waals surface area contributed by atoms with E-state index in [1.54, 1.807) is 37.4 Å². The Labute approximate surface area is 186 Å². The lowest BCUT2D eigenvalue weighted by molar-refractivity contribution is -0.384. The molecule has 8 nitrogen and oxygen atoms in total. The zero-order valence-corrected chi connectivity index (χ0v) is 18.4. The molecule has 0 radical (unpaired) electrons. The molecule has 1 aliphatic rings. The average Bonchev–Trinajstić information content (AvgIpc) is 2.76. The number of nitro benzene ring substituents is 1. The van der Waals surface area contributed by atoms with Gasteiger partial charge in [-0.3, -0.25) is 14.9 Å². The number of anilines is 2. The van der Waals surface area contributed by atoms with Gasteiger partial charge in [0.05, 0.1) is 22.2 Å². The van der Waals surface area contributed by atoms with E-state index >= 15 is 0 Å². The molecule has 0 atom stereocenters. The van der Waals surface area contributed by atoms with E-state index in [1.807, 2.05) is 4.90 Å². The highest BCUT2D eigenvalue weighted by Gasteiger charge is 2.25. The van der Waals surface area contributed by atoms with E-state index in [1.165, 1.54) is 6.07 Å². The average molecular weight is 448 g/mol.